The summed E-state index contributed by atoms with van der Waals surface area (Å²) in [5, 5.41) is 8.47. The van der Waals surface area contributed by atoms with Gasteiger partial charge in [0.25, 0.3) is 0 Å². The van der Waals surface area contributed by atoms with Gasteiger partial charge in [0.1, 0.15) is 0 Å². The number of hydrogen-bond donors (Lipinski definition) is 1. The molecule has 1 unspecified atom stereocenters. The van der Waals surface area contributed by atoms with Crippen LogP contribution in [-0.4, -0.2) is 11.1 Å². The number of carboxylic acids is 1. The average Bonchev–Trinajstić information content (AvgIpc) is 2.02. The summed E-state index contributed by atoms with van der Waals surface area (Å²) in [6.07, 6.45) is 7.38. The van der Waals surface area contributed by atoms with Gasteiger partial charge in [-0.15, -0.1) is 5.73 Å². The van der Waals surface area contributed by atoms with Crippen molar-refractivity contribution in [3.05, 3.63) is 17.9 Å². The number of allylic oxidation sites excluding steroid dienone is 1. The Morgan fingerprint density at radius 3 is 2.85 bits per heavy atom. The molecule has 0 aliphatic carbocycles. The van der Waals surface area contributed by atoms with Crippen molar-refractivity contribution in [3.63, 3.8) is 0 Å². The largest absolute Gasteiger partial charge is 0.481 e. The van der Waals surface area contributed by atoms with E-state index < -0.39 is 5.97 Å². The average molecular weight is 182 g/mol. The zero-order valence-electron chi connectivity index (χ0n) is 8.42. The lowest BCUT2D eigenvalue weighted by Crippen LogP contribution is -2.00. The van der Waals surface area contributed by atoms with Crippen LogP contribution in [0.5, 0.6) is 0 Å². The van der Waals surface area contributed by atoms with Crippen molar-refractivity contribution >= 4 is 5.97 Å². The van der Waals surface area contributed by atoms with Gasteiger partial charge in [0, 0.05) is 0 Å². The van der Waals surface area contributed by atoms with Crippen molar-refractivity contribution < 1.29 is 9.90 Å². The SMILES string of the molecule is CCCCC=C=CC(C)CC(=O)O. The standard InChI is InChI=1S/C11H18O2/c1-3-4-5-6-7-8-10(2)9-11(12)13/h6,8,10H,3-5,9H2,1-2H3,(H,12,13). The molecule has 2 nitrogen and oxygen atoms in total. The molecule has 0 saturated carbocycles. The summed E-state index contributed by atoms with van der Waals surface area (Å²) in [7, 11) is 0. The normalized spacial score (nSPS) is 11.5. The van der Waals surface area contributed by atoms with Crippen molar-refractivity contribution in [1.29, 1.82) is 0 Å². The summed E-state index contributed by atoms with van der Waals surface area (Å²) in [6, 6.07) is 0. The summed E-state index contributed by atoms with van der Waals surface area (Å²) in [5.41, 5.74) is 3.01. The van der Waals surface area contributed by atoms with Crippen LogP contribution in [0.2, 0.25) is 0 Å². The predicted molar refractivity (Wildman–Crippen MR) is 53.6 cm³/mol. The summed E-state index contributed by atoms with van der Waals surface area (Å²) in [4.78, 5) is 10.3. The van der Waals surface area contributed by atoms with Crippen LogP contribution in [0.3, 0.4) is 0 Å². The molecule has 0 aromatic rings. The zero-order chi connectivity index (χ0) is 10.1. The molecule has 0 radical (unpaired) electrons. The van der Waals surface area contributed by atoms with Gasteiger partial charge in [-0.05, 0) is 30.9 Å². The first-order valence-corrected chi connectivity index (χ1v) is 4.79. The van der Waals surface area contributed by atoms with E-state index in [0.29, 0.717) is 0 Å². The Morgan fingerprint density at radius 2 is 2.31 bits per heavy atom. The van der Waals surface area contributed by atoms with Crippen LogP contribution in [0.1, 0.15) is 39.5 Å². The molecule has 0 amide bonds. The summed E-state index contributed by atoms with van der Waals surface area (Å²) < 4.78 is 0. The van der Waals surface area contributed by atoms with Gasteiger partial charge in [-0.25, -0.2) is 0 Å². The van der Waals surface area contributed by atoms with Gasteiger partial charge in [-0.3, -0.25) is 4.79 Å². The minimum atomic E-state index is -0.751. The Bertz CT molecular complexity index is 200. The van der Waals surface area contributed by atoms with Gasteiger partial charge in [0.2, 0.25) is 0 Å². The molecule has 0 aromatic carbocycles. The number of rotatable bonds is 6. The lowest BCUT2D eigenvalue weighted by Gasteiger charge is -1.97. The van der Waals surface area contributed by atoms with Gasteiger partial charge in [-0.1, -0.05) is 20.3 Å². The third-order valence-electron chi connectivity index (χ3n) is 1.70. The van der Waals surface area contributed by atoms with Crippen LogP contribution in [0.4, 0.5) is 0 Å². The van der Waals surface area contributed by atoms with E-state index in [1.54, 1.807) is 0 Å². The number of carbonyl (C=O) groups is 1. The smallest absolute Gasteiger partial charge is 0.303 e. The second kappa shape index (κ2) is 7.63. The van der Waals surface area contributed by atoms with Gasteiger partial charge in [0.05, 0.1) is 6.42 Å². The number of hydrogen-bond acceptors (Lipinski definition) is 1. The van der Waals surface area contributed by atoms with E-state index >= 15 is 0 Å². The van der Waals surface area contributed by atoms with Crippen molar-refractivity contribution in [2.24, 2.45) is 5.92 Å². The fourth-order valence-corrected chi connectivity index (χ4v) is 0.956. The van der Waals surface area contributed by atoms with Crippen LogP contribution in [-0.2, 0) is 4.79 Å². The van der Waals surface area contributed by atoms with Crippen molar-refractivity contribution in [1.82, 2.24) is 0 Å². The third-order valence-corrected chi connectivity index (χ3v) is 1.70. The van der Waals surface area contributed by atoms with Crippen molar-refractivity contribution in [3.8, 4) is 0 Å². The van der Waals surface area contributed by atoms with Crippen molar-refractivity contribution in [2.45, 2.75) is 39.5 Å². The Kier molecular flexibility index (Phi) is 7.04. The van der Waals surface area contributed by atoms with Crippen LogP contribution >= 0.6 is 0 Å². The van der Waals surface area contributed by atoms with E-state index in [1.165, 1.54) is 12.8 Å². The molecule has 0 aliphatic heterocycles. The van der Waals surface area contributed by atoms with Gasteiger partial charge in [-0.2, -0.15) is 0 Å². The number of aliphatic carboxylic acids is 1. The maximum absolute atomic E-state index is 10.3. The van der Waals surface area contributed by atoms with E-state index in [2.05, 4.69) is 12.7 Å². The fraction of sp³-hybridized carbons (Fsp3) is 0.636. The topological polar surface area (TPSA) is 37.3 Å². The fourth-order valence-electron chi connectivity index (χ4n) is 0.956. The van der Waals surface area contributed by atoms with E-state index in [1.807, 2.05) is 19.1 Å². The second-order valence-electron chi connectivity index (χ2n) is 3.25. The summed E-state index contributed by atoms with van der Waals surface area (Å²) in [5.74, 6) is -0.672. The highest BCUT2D eigenvalue weighted by Gasteiger charge is 2.01. The quantitative estimate of drug-likeness (QED) is 0.506. The first-order valence-electron chi connectivity index (χ1n) is 4.79. The highest BCUT2D eigenvalue weighted by molar-refractivity contribution is 5.67. The van der Waals surface area contributed by atoms with Crippen LogP contribution in [0, 0.1) is 5.92 Å². The zero-order valence-corrected chi connectivity index (χ0v) is 8.42. The molecule has 0 aliphatic rings. The number of unbranched alkanes of at least 4 members (excludes halogenated alkanes) is 2. The number of carboxylic acid groups (broad SMARTS) is 1. The van der Waals surface area contributed by atoms with E-state index in [4.69, 9.17) is 5.11 Å². The summed E-state index contributed by atoms with van der Waals surface area (Å²) >= 11 is 0. The molecular formula is C11H18O2. The minimum Gasteiger partial charge on any atom is -0.481 e. The molecular weight excluding hydrogens is 164 g/mol. The molecule has 2 heteroatoms. The Balaban J connectivity index is 3.68. The molecule has 0 fully saturated rings. The predicted octanol–water partition coefficient (Wildman–Crippen LogP) is 3.00. The van der Waals surface area contributed by atoms with Crippen molar-refractivity contribution in [2.75, 3.05) is 0 Å². The van der Waals surface area contributed by atoms with Crippen LogP contribution in [0.15, 0.2) is 17.9 Å². The molecule has 13 heavy (non-hydrogen) atoms. The van der Waals surface area contributed by atoms with Gasteiger partial charge < -0.3 is 5.11 Å². The Morgan fingerprint density at radius 1 is 1.62 bits per heavy atom. The van der Waals surface area contributed by atoms with E-state index in [9.17, 15) is 4.79 Å². The summed E-state index contributed by atoms with van der Waals surface area (Å²) in [6.45, 7) is 4.03. The maximum atomic E-state index is 10.3. The molecule has 0 aromatic heterocycles. The molecule has 1 N–H and O–H groups in total. The monoisotopic (exact) mass is 182 g/mol. The van der Waals surface area contributed by atoms with E-state index in [0.717, 1.165) is 6.42 Å². The maximum Gasteiger partial charge on any atom is 0.303 e. The molecule has 0 rings (SSSR count). The van der Waals surface area contributed by atoms with Gasteiger partial charge >= 0.3 is 5.97 Å². The van der Waals surface area contributed by atoms with Gasteiger partial charge in [0.15, 0.2) is 0 Å². The van der Waals surface area contributed by atoms with Crippen LogP contribution < -0.4 is 0 Å². The Labute approximate surface area is 80.0 Å². The van der Waals surface area contributed by atoms with E-state index in [-0.39, 0.29) is 12.3 Å². The molecule has 0 bridgehead atoms. The first-order chi connectivity index (χ1) is 6.16. The third kappa shape index (κ3) is 8.90. The highest BCUT2D eigenvalue weighted by Crippen LogP contribution is 2.02. The lowest BCUT2D eigenvalue weighted by molar-refractivity contribution is -0.137. The lowest BCUT2D eigenvalue weighted by atomic mass is 10.1. The second-order valence-corrected chi connectivity index (χ2v) is 3.25. The highest BCUT2D eigenvalue weighted by atomic mass is 16.4. The Hall–Kier alpha value is -1.01. The molecule has 0 heterocycles. The molecule has 0 spiro atoms. The molecule has 1 atom stereocenters. The molecule has 74 valence electrons. The first kappa shape index (κ1) is 12.0. The minimum absolute atomic E-state index is 0.0791. The molecule has 0 saturated heterocycles. The van der Waals surface area contributed by atoms with Crippen LogP contribution in [0.25, 0.3) is 0 Å².